The van der Waals surface area contributed by atoms with E-state index in [9.17, 15) is 4.79 Å². The molecule has 0 aliphatic carbocycles. The van der Waals surface area contributed by atoms with Gasteiger partial charge < -0.3 is 5.11 Å². The van der Waals surface area contributed by atoms with Crippen molar-refractivity contribution in [3.8, 4) is 0 Å². The van der Waals surface area contributed by atoms with Gasteiger partial charge in [0.05, 0.1) is 0 Å². The molecule has 0 saturated heterocycles. The topological polar surface area (TPSA) is 37.3 Å². The van der Waals surface area contributed by atoms with Crippen molar-refractivity contribution < 1.29 is 9.90 Å². The number of carbonyl (C=O) groups is 1. The lowest BCUT2D eigenvalue weighted by Crippen LogP contribution is -1.82. The molecule has 0 heterocycles. The van der Waals surface area contributed by atoms with Gasteiger partial charge in [-0.15, -0.1) is 0 Å². The van der Waals surface area contributed by atoms with Gasteiger partial charge in [-0.05, 0) is 0 Å². The molecule has 0 unspecified atom stereocenters. The third-order valence-electron chi connectivity index (χ3n) is 3.38. The fraction of sp³-hybridized carbons (Fsp3) is 0.833. The molecule has 0 atom stereocenters. The first kappa shape index (κ1) is 21.5. The molecule has 2 nitrogen and oxygen atoms in total. The zero-order chi connectivity index (χ0) is 15.5. The van der Waals surface area contributed by atoms with Crippen LogP contribution in [0.3, 0.4) is 0 Å². The van der Waals surface area contributed by atoms with E-state index < -0.39 is 5.97 Å². The highest BCUT2D eigenvalue weighted by Crippen LogP contribution is 2.12. The second-order valence-corrected chi connectivity index (χ2v) is 5.43. The van der Waals surface area contributed by atoms with Crippen molar-refractivity contribution in [3.63, 3.8) is 0 Å². The van der Waals surface area contributed by atoms with E-state index in [1.165, 1.54) is 83.5 Å². The second-order valence-electron chi connectivity index (χ2n) is 5.43. The Morgan fingerprint density at radius 3 is 1.10 bits per heavy atom. The van der Waals surface area contributed by atoms with Crippen LogP contribution in [0.1, 0.15) is 97.3 Å². The molecule has 0 aromatic rings. The van der Waals surface area contributed by atoms with E-state index in [-0.39, 0.29) is 0 Å². The van der Waals surface area contributed by atoms with E-state index in [1.54, 1.807) is 0 Å². The van der Waals surface area contributed by atoms with Crippen LogP contribution in [0.25, 0.3) is 0 Å². The van der Waals surface area contributed by atoms with Gasteiger partial charge in [0.15, 0.2) is 0 Å². The molecule has 0 aliphatic heterocycles. The fourth-order valence-corrected chi connectivity index (χ4v) is 2.09. The Hall–Kier alpha value is -0.790. The first-order valence-corrected chi connectivity index (χ1v) is 8.54. The average molecular weight is 284 g/mol. The minimum atomic E-state index is -0.981. The first-order chi connectivity index (χ1) is 9.68. The second kappa shape index (κ2) is 20.5. The molecule has 0 saturated carbocycles. The summed E-state index contributed by atoms with van der Waals surface area (Å²) < 4.78 is 0. The molecule has 0 aromatic carbocycles. The van der Waals surface area contributed by atoms with Crippen molar-refractivity contribution >= 4 is 5.97 Å². The van der Waals surface area contributed by atoms with Crippen LogP contribution in [-0.4, -0.2) is 11.1 Å². The molecular weight excluding hydrogens is 248 g/mol. The van der Waals surface area contributed by atoms with Crippen molar-refractivity contribution in [3.05, 3.63) is 12.7 Å². The maximum Gasteiger partial charge on any atom is 0.327 e. The number of unbranched alkanes of at least 4 members (excludes halogenated alkanes) is 12. The van der Waals surface area contributed by atoms with Gasteiger partial charge in [-0.1, -0.05) is 104 Å². The average Bonchev–Trinajstić information content (AvgIpc) is 2.45. The molecule has 0 amide bonds. The minimum absolute atomic E-state index is 0.833. The highest BCUT2D eigenvalue weighted by molar-refractivity contribution is 5.78. The molecule has 0 rings (SSSR count). The van der Waals surface area contributed by atoms with Crippen molar-refractivity contribution in [2.75, 3.05) is 0 Å². The van der Waals surface area contributed by atoms with Crippen LogP contribution in [0.5, 0.6) is 0 Å². The lowest BCUT2D eigenvalue weighted by atomic mass is 10.1. The van der Waals surface area contributed by atoms with Crippen LogP contribution < -0.4 is 0 Å². The molecule has 1 N–H and O–H groups in total. The number of hydrogen-bond acceptors (Lipinski definition) is 1. The summed E-state index contributed by atoms with van der Waals surface area (Å²) >= 11 is 0. The number of hydrogen-bond donors (Lipinski definition) is 1. The zero-order valence-corrected chi connectivity index (χ0v) is 13.8. The predicted molar refractivity (Wildman–Crippen MR) is 89.2 cm³/mol. The molecular formula is C18H36O2. The molecule has 0 spiro atoms. The number of carboxylic acid groups (broad SMARTS) is 1. The molecule has 0 radical (unpaired) electrons. The standard InChI is InChI=1S/C15H32.C3H4O2/c1-3-5-7-9-11-13-15-14-12-10-8-6-4-2;1-2-3(4)5/h3-15H2,1-2H3;2H,1H2,(H,4,5). The predicted octanol–water partition coefficient (Wildman–Crippen LogP) is 6.35. The maximum absolute atomic E-state index is 9.25. The Morgan fingerprint density at radius 2 is 0.950 bits per heavy atom. The lowest BCUT2D eigenvalue weighted by Gasteiger charge is -2.01. The highest BCUT2D eigenvalue weighted by Gasteiger charge is 1.92. The Morgan fingerprint density at radius 1 is 0.750 bits per heavy atom. The monoisotopic (exact) mass is 284 g/mol. The third kappa shape index (κ3) is 25.9. The van der Waals surface area contributed by atoms with E-state index >= 15 is 0 Å². The Kier molecular flexibility index (Phi) is 22.1. The van der Waals surface area contributed by atoms with Crippen molar-refractivity contribution in [1.82, 2.24) is 0 Å². The number of aliphatic carboxylic acids is 1. The van der Waals surface area contributed by atoms with Gasteiger partial charge in [-0.2, -0.15) is 0 Å². The van der Waals surface area contributed by atoms with Gasteiger partial charge >= 0.3 is 5.97 Å². The van der Waals surface area contributed by atoms with Gasteiger partial charge in [0.25, 0.3) is 0 Å². The van der Waals surface area contributed by atoms with Crippen molar-refractivity contribution in [1.29, 1.82) is 0 Å². The molecule has 20 heavy (non-hydrogen) atoms. The van der Waals surface area contributed by atoms with Gasteiger partial charge in [-0.3, -0.25) is 0 Å². The number of rotatable bonds is 13. The summed E-state index contributed by atoms with van der Waals surface area (Å²) in [5.41, 5.74) is 0. The largest absolute Gasteiger partial charge is 0.478 e. The summed E-state index contributed by atoms with van der Waals surface area (Å²) in [5.74, 6) is -0.981. The summed E-state index contributed by atoms with van der Waals surface area (Å²) in [5, 5.41) is 7.60. The van der Waals surface area contributed by atoms with Crippen LogP contribution in [0.15, 0.2) is 12.7 Å². The Balaban J connectivity index is 0. The molecule has 0 bridgehead atoms. The van der Waals surface area contributed by atoms with Gasteiger partial charge in [0, 0.05) is 6.08 Å². The van der Waals surface area contributed by atoms with E-state index in [0.29, 0.717) is 0 Å². The van der Waals surface area contributed by atoms with E-state index in [1.807, 2.05) is 0 Å². The van der Waals surface area contributed by atoms with Gasteiger partial charge in [-0.25, -0.2) is 4.79 Å². The van der Waals surface area contributed by atoms with Crippen LogP contribution in [-0.2, 0) is 4.79 Å². The van der Waals surface area contributed by atoms with Gasteiger partial charge in [0.1, 0.15) is 0 Å². The summed E-state index contributed by atoms with van der Waals surface area (Å²) in [6.45, 7) is 7.54. The Bertz CT molecular complexity index is 188. The van der Waals surface area contributed by atoms with E-state index in [2.05, 4.69) is 20.4 Å². The maximum atomic E-state index is 9.25. The quantitative estimate of drug-likeness (QED) is 0.316. The molecule has 0 aromatic heterocycles. The molecule has 0 aliphatic rings. The van der Waals surface area contributed by atoms with Crippen LogP contribution >= 0.6 is 0 Å². The lowest BCUT2D eigenvalue weighted by molar-refractivity contribution is -0.131. The third-order valence-corrected chi connectivity index (χ3v) is 3.38. The summed E-state index contributed by atoms with van der Waals surface area (Å²) in [6, 6.07) is 0. The summed E-state index contributed by atoms with van der Waals surface area (Å²) in [6.07, 6.45) is 19.8. The summed E-state index contributed by atoms with van der Waals surface area (Å²) in [7, 11) is 0. The van der Waals surface area contributed by atoms with Crippen LogP contribution in [0.2, 0.25) is 0 Å². The van der Waals surface area contributed by atoms with Crippen LogP contribution in [0, 0.1) is 0 Å². The number of carboxylic acids is 1. The van der Waals surface area contributed by atoms with Crippen LogP contribution in [0.4, 0.5) is 0 Å². The van der Waals surface area contributed by atoms with Crippen molar-refractivity contribution in [2.24, 2.45) is 0 Å². The fourth-order valence-electron chi connectivity index (χ4n) is 2.09. The van der Waals surface area contributed by atoms with E-state index in [4.69, 9.17) is 5.11 Å². The first-order valence-electron chi connectivity index (χ1n) is 8.54. The highest BCUT2D eigenvalue weighted by atomic mass is 16.4. The zero-order valence-electron chi connectivity index (χ0n) is 13.8. The molecule has 0 fully saturated rings. The van der Waals surface area contributed by atoms with E-state index in [0.717, 1.165) is 6.08 Å². The SMILES string of the molecule is C=CC(=O)O.CCCCCCCCCCCCCCC. The Labute approximate surface area is 126 Å². The minimum Gasteiger partial charge on any atom is -0.478 e. The van der Waals surface area contributed by atoms with Crippen molar-refractivity contribution in [2.45, 2.75) is 97.3 Å². The summed E-state index contributed by atoms with van der Waals surface area (Å²) in [4.78, 5) is 9.25. The molecule has 2 heteroatoms. The normalized spacial score (nSPS) is 9.70. The van der Waals surface area contributed by atoms with Gasteiger partial charge in [0.2, 0.25) is 0 Å². The molecule has 120 valence electrons. The smallest absolute Gasteiger partial charge is 0.327 e.